The van der Waals surface area contributed by atoms with Gasteiger partial charge in [0, 0.05) is 17.4 Å². The molecule has 0 bridgehead atoms. The maximum atomic E-state index is 12.2. The number of nitrogens with zero attached hydrogens (tertiary/aromatic N) is 2. The van der Waals surface area contributed by atoms with Crippen LogP contribution >= 0.6 is 23.4 Å². The van der Waals surface area contributed by atoms with Gasteiger partial charge in [0.05, 0.1) is 11.1 Å². The molecule has 0 saturated heterocycles. The predicted octanol–water partition coefficient (Wildman–Crippen LogP) is 4.69. The van der Waals surface area contributed by atoms with Crippen molar-refractivity contribution in [3.63, 3.8) is 0 Å². The number of benzene rings is 1. The van der Waals surface area contributed by atoms with Crippen LogP contribution in [-0.4, -0.2) is 18.4 Å². The topological polar surface area (TPSA) is 72.0 Å². The van der Waals surface area contributed by atoms with Crippen molar-refractivity contribution in [1.29, 1.82) is 0 Å². The predicted molar refractivity (Wildman–Crippen MR) is 106 cm³/mol. The molecule has 1 aromatic carbocycles. The maximum Gasteiger partial charge on any atom is 0.255 e. The van der Waals surface area contributed by atoms with E-state index in [2.05, 4.69) is 14.7 Å². The van der Waals surface area contributed by atoms with Gasteiger partial charge in [-0.25, -0.2) is 18.4 Å². The summed E-state index contributed by atoms with van der Waals surface area (Å²) in [7, 11) is -3.65. The second-order valence-corrected chi connectivity index (χ2v) is 8.20. The summed E-state index contributed by atoms with van der Waals surface area (Å²) in [4.78, 5) is 8.44. The highest BCUT2D eigenvalue weighted by molar-refractivity contribution is 7.99. The van der Waals surface area contributed by atoms with Crippen LogP contribution in [0.25, 0.3) is 6.08 Å². The molecular weight excluding hydrogens is 390 g/mol. The molecule has 5 nitrogen and oxygen atoms in total. The largest absolute Gasteiger partial charge is 0.280 e. The number of anilines is 1. The molecule has 0 aliphatic carbocycles. The van der Waals surface area contributed by atoms with Gasteiger partial charge >= 0.3 is 0 Å². The molecule has 0 aliphatic rings. The zero-order chi connectivity index (χ0) is 18.4. The minimum absolute atomic E-state index is 0.430. The zero-order valence-corrected chi connectivity index (χ0v) is 15.8. The first-order valence-corrected chi connectivity index (χ1v) is 10.3. The first kappa shape index (κ1) is 18.4. The van der Waals surface area contributed by atoms with E-state index >= 15 is 0 Å². The molecule has 0 amide bonds. The fourth-order valence-corrected chi connectivity index (χ4v) is 3.74. The van der Waals surface area contributed by atoms with E-state index in [4.69, 9.17) is 11.6 Å². The maximum absolute atomic E-state index is 12.2. The van der Waals surface area contributed by atoms with Crippen molar-refractivity contribution in [1.82, 2.24) is 9.97 Å². The molecule has 0 radical (unpaired) electrons. The molecular formula is C18H14ClN3O2S2. The van der Waals surface area contributed by atoms with Gasteiger partial charge in [0.1, 0.15) is 10.1 Å². The normalized spacial score (nSPS) is 11.6. The van der Waals surface area contributed by atoms with Crippen LogP contribution in [0, 0.1) is 0 Å². The summed E-state index contributed by atoms with van der Waals surface area (Å²) in [5, 5.41) is 3.13. The van der Waals surface area contributed by atoms with Crippen molar-refractivity contribution in [2.45, 2.75) is 10.1 Å². The number of halogens is 1. The van der Waals surface area contributed by atoms with Crippen LogP contribution in [0.15, 0.2) is 82.5 Å². The first-order valence-electron chi connectivity index (χ1n) is 7.52. The Bertz CT molecular complexity index is 1010. The van der Waals surface area contributed by atoms with Crippen molar-refractivity contribution in [2.24, 2.45) is 0 Å². The van der Waals surface area contributed by atoms with Crippen LogP contribution in [0.5, 0.6) is 0 Å². The van der Waals surface area contributed by atoms with Crippen LogP contribution in [0.1, 0.15) is 5.56 Å². The van der Waals surface area contributed by atoms with Crippen molar-refractivity contribution in [3.05, 3.63) is 83.0 Å². The number of nitrogens with one attached hydrogen (secondary N) is 1. The molecule has 3 aromatic rings. The number of pyridine rings is 2. The Balaban J connectivity index is 1.71. The smallest absolute Gasteiger partial charge is 0.255 e. The van der Waals surface area contributed by atoms with Gasteiger partial charge in [0.25, 0.3) is 10.0 Å². The molecule has 0 aliphatic heterocycles. The third-order valence-electron chi connectivity index (χ3n) is 3.15. The Kier molecular flexibility index (Phi) is 5.92. The van der Waals surface area contributed by atoms with E-state index in [1.165, 1.54) is 17.8 Å². The first-order chi connectivity index (χ1) is 12.5. The standard InChI is InChI=1S/C18H14ClN3O2S2/c19-15-6-4-14(5-7-15)9-12-26(23,24)22-16-8-11-21-18(13-16)25-17-3-1-2-10-20-17/h1-13H,(H,21,22)/b12-9+. The van der Waals surface area contributed by atoms with Gasteiger partial charge in [0.2, 0.25) is 0 Å². The number of hydrogen-bond donors (Lipinski definition) is 1. The van der Waals surface area contributed by atoms with E-state index in [0.717, 1.165) is 16.0 Å². The third kappa shape index (κ3) is 5.59. The molecule has 26 heavy (non-hydrogen) atoms. The Morgan fingerprint density at radius 2 is 1.73 bits per heavy atom. The van der Waals surface area contributed by atoms with E-state index < -0.39 is 10.0 Å². The monoisotopic (exact) mass is 403 g/mol. The average molecular weight is 404 g/mol. The minimum Gasteiger partial charge on any atom is -0.280 e. The Morgan fingerprint density at radius 1 is 0.962 bits per heavy atom. The van der Waals surface area contributed by atoms with Gasteiger partial charge in [-0.15, -0.1) is 0 Å². The van der Waals surface area contributed by atoms with Gasteiger partial charge in [-0.1, -0.05) is 41.6 Å². The summed E-state index contributed by atoms with van der Waals surface area (Å²) in [6.07, 6.45) is 4.74. The summed E-state index contributed by atoms with van der Waals surface area (Å²) in [5.74, 6) is 0. The summed E-state index contributed by atoms with van der Waals surface area (Å²) in [5.41, 5.74) is 1.17. The molecule has 8 heteroatoms. The van der Waals surface area contributed by atoms with Gasteiger partial charge in [0.15, 0.2) is 0 Å². The number of aromatic nitrogens is 2. The fraction of sp³-hybridized carbons (Fsp3) is 0. The second-order valence-electron chi connectivity index (χ2n) is 5.15. The van der Waals surface area contributed by atoms with Crippen molar-refractivity contribution in [2.75, 3.05) is 4.72 Å². The Morgan fingerprint density at radius 3 is 2.46 bits per heavy atom. The zero-order valence-electron chi connectivity index (χ0n) is 13.4. The fourth-order valence-electron chi connectivity index (χ4n) is 1.98. The second kappa shape index (κ2) is 8.35. The summed E-state index contributed by atoms with van der Waals surface area (Å²) in [6, 6.07) is 15.7. The number of hydrogen-bond acceptors (Lipinski definition) is 5. The lowest BCUT2D eigenvalue weighted by atomic mass is 10.2. The lowest BCUT2D eigenvalue weighted by Crippen LogP contribution is -2.08. The van der Waals surface area contributed by atoms with E-state index in [1.54, 1.807) is 48.8 Å². The molecule has 2 aromatic heterocycles. The molecule has 3 rings (SSSR count). The van der Waals surface area contributed by atoms with Crippen LogP contribution < -0.4 is 4.72 Å². The summed E-state index contributed by atoms with van der Waals surface area (Å²) < 4.78 is 27.0. The molecule has 0 atom stereocenters. The SMILES string of the molecule is O=S(=O)(/C=C/c1ccc(Cl)cc1)Nc1ccnc(Sc2ccccn2)c1. The molecule has 0 spiro atoms. The Hall–Kier alpha value is -2.35. The molecule has 1 N–H and O–H groups in total. The number of sulfonamides is 1. The Labute approximate surface area is 161 Å². The van der Waals surface area contributed by atoms with Gasteiger partial charge in [-0.05, 0) is 48.0 Å². The van der Waals surface area contributed by atoms with E-state index in [-0.39, 0.29) is 0 Å². The summed E-state index contributed by atoms with van der Waals surface area (Å²) in [6.45, 7) is 0. The minimum atomic E-state index is -3.65. The highest BCUT2D eigenvalue weighted by atomic mass is 35.5. The highest BCUT2D eigenvalue weighted by Crippen LogP contribution is 2.26. The summed E-state index contributed by atoms with van der Waals surface area (Å²) >= 11 is 7.17. The quantitative estimate of drug-likeness (QED) is 0.646. The van der Waals surface area contributed by atoms with Crippen LogP contribution in [0.4, 0.5) is 5.69 Å². The molecule has 0 unspecified atom stereocenters. The van der Waals surface area contributed by atoms with Crippen molar-refractivity contribution in [3.8, 4) is 0 Å². The lowest BCUT2D eigenvalue weighted by Gasteiger charge is -2.06. The van der Waals surface area contributed by atoms with E-state index in [1.807, 2.05) is 18.2 Å². The molecule has 0 saturated carbocycles. The van der Waals surface area contributed by atoms with Crippen LogP contribution in [-0.2, 0) is 10.0 Å². The lowest BCUT2D eigenvalue weighted by molar-refractivity contribution is 0.609. The molecule has 0 fully saturated rings. The van der Waals surface area contributed by atoms with Crippen molar-refractivity contribution < 1.29 is 8.42 Å². The van der Waals surface area contributed by atoms with Crippen molar-refractivity contribution >= 4 is 45.1 Å². The van der Waals surface area contributed by atoms with E-state index in [0.29, 0.717) is 15.7 Å². The molecule has 2 heterocycles. The van der Waals surface area contributed by atoms with E-state index in [9.17, 15) is 8.42 Å². The number of rotatable bonds is 6. The van der Waals surface area contributed by atoms with Gasteiger partial charge in [-0.3, -0.25) is 4.72 Å². The van der Waals surface area contributed by atoms with Gasteiger partial charge < -0.3 is 0 Å². The average Bonchev–Trinajstić information content (AvgIpc) is 2.62. The molecule has 132 valence electrons. The highest BCUT2D eigenvalue weighted by Gasteiger charge is 2.08. The van der Waals surface area contributed by atoms with Gasteiger partial charge in [-0.2, -0.15) is 0 Å². The van der Waals surface area contributed by atoms with Crippen LogP contribution in [0.2, 0.25) is 5.02 Å². The van der Waals surface area contributed by atoms with Crippen LogP contribution in [0.3, 0.4) is 0 Å². The third-order valence-corrected chi connectivity index (χ3v) is 5.30.